The van der Waals surface area contributed by atoms with Crippen molar-refractivity contribution in [3.63, 3.8) is 0 Å². The van der Waals surface area contributed by atoms with Crippen molar-refractivity contribution in [3.05, 3.63) is 28.0 Å². The molecule has 0 fully saturated rings. The highest BCUT2D eigenvalue weighted by atomic mass is 16.7. The van der Waals surface area contributed by atoms with E-state index in [1.54, 1.807) is 6.92 Å². The van der Waals surface area contributed by atoms with Gasteiger partial charge in [-0.2, -0.15) is 5.48 Å². The molecule has 1 rings (SSSR count). The van der Waals surface area contributed by atoms with Crippen molar-refractivity contribution >= 4 is 17.5 Å². The summed E-state index contributed by atoms with van der Waals surface area (Å²) in [5, 5.41) is 13.3. The first-order chi connectivity index (χ1) is 11.5. The minimum atomic E-state index is -0.650. The van der Waals surface area contributed by atoms with Crippen molar-refractivity contribution < 1.29 is 28.5 Å². The number of ketones is 2. The summed E-state index contributed by atoms with van der Waals surface area (Å²) in [5.74, 6) is -0.224. The first kappa shape index (κ1) is 19.9. The number of nitro groups is 1. The van der Waals surface area contributed by atoms with Gasteiger partial charge in [-0.1, -0.05) is 6.92 Å². The molecule has 10 nitrogen and oxygen atoms in total. The van der Waals surface area contributed by atoms with Crippen molar-refractivity contribution in [1.82, 2.24) is 10.8 Å². The van der Waals surface area contributed by atoms with Gasteiger partial charge in [0, 0.05) is 13.0 Å². The number of ether oxygens (including phenoxy) is 1. The highest BCUT2D eigenvalue weighted by Crippen LogP contribution is 2.15. The monoisotopic (exact) mass is 343 g/mol. The molecule has 0 atom stereocenters. The molecule has 10 heteroatoms. The van der Waals surface area contributed by atoms with Crippen LogP contribution in [0.2, 0.25) is 0 Å². The van der Waals surface area contributed by atoms with Crippen LogP contribution in [0.4, 0.5) is 5.88 Å². The van der Waals surface area contributed by atoms with Gasteiger partial charge in [0.25, 0.3) is 0 Å². The molecule has 24 heavy (non-hydrogen) atoms. The zero-order chi connectivity index (χ0) is 17.8. The van der Waals surface area contributed by atoms with Crippen LogP contribution in [0.3, 0.4) is 0 Å². The van der Waals surface area contributed by atoms with Crippen LogP contribution in [-0.4, -0.2) is 49.3 Å². The first-order valence-corrected chi connectivity index (χ1v) is 7.42. The average molecular weight is 343 g/mol. The van der Waals surface area contributed by atoms with Crippen LogP contribution < -0.4 is 10.8 Å². The van der Waals surface area contributed by atoms with Gasteiger partial charge in [0.1, 0.15) is 29.7 Å². The number of carbonyl (C=O) groups excluding carboxylic acids is 2. The van der Waals surface area contributed by atoms with Crippen LogP contribution in [-0.2, 0) is 25.8 Å². The smallest absolute Gasteiger partial charge is 0.403 e. The fraction of sp³-hybridized carbons (Fsp3) is 0.571. The number of furan rings is 1. The second-order valence-corrected chi connectivity index (χ2v) is 4.77. The number of nitrogens with zero attached hydrogens (tertiary/aromatic N) is 1. The summed E-state index contributed by atoms with van der Waals surface area (Å²) in [5.41, 5.74) is 2.49. The minimum absolute atomic E-state index is 0.0319. The van der Waals surface area contributed by atoms with E-state index in [2.05, 4.69) is 10.8 Å². The van der Waals surface area contributed by atoms with Gasteiger partial charge >= 0.3 is 5.88 Å². The Morgan fingerprint density at radius 2 is 2.08 bits per heavy atom. The normalized spacial score (nSPS) is 10.7. The second kappa shape index (κ2) is 11.4. The van der Waals surface area contributed by atoms with Gasteiger partial charge in [0.15, 0.2) is 5.78 Å². The molecule has 134 valence electrons. The molecule has 1 aromatic rings. The van der Waals surface area contributed by atoms with E-state index in [9.17, 15) is 19.7 Å². The molecule has 0 amide bonds. The Balaban J connectivity index is 2.00. The lowest BCUT2D eigenvalue weighted by atomic mass is 10.3. The number of nitrogens with one attached hydrogen (secondary N) is 2. The molecule has 0 aliphatic heterocycles. The topological polar surface area (TPSA) is 133 Å². The van der Waals surface area contributed by atoms with Gasteiger partial charge in [-0.25, -0.2) is 0 Å². The molecular formula is C14H21N3O7. The van der Waals surface area contributed by atoms with E-state index in [4.69, 9.17) is 14.0 Å². The number of hydrogen-bond acceptors (Lipinski definition) is 9. The molecule has 0 bridgehead atoms. The largest absolute Gasteiger partial charge is 0.433 e. The minimum Gasteiger partial charge on any atom is -0.403 e. The van der Waals surface area contributed by atoms with E-state index in [0.29, 0.717) is 26.1 Å². The summed E-state index contributed by atoms with van der Waals surface area (Å²) in [6, 6.07) is 2.64. The third-order valence-electron chi connectivity index (χ3n) is 2.80. The molecule has 0 aliphatic carbocycles. The van der Waals surface area contributed by atoms with Gasteiger partial charge < -0.3 is 19.3 Å². The summed E-state index contributed by atoms with van der Waals surface area (Å²) in [6.07, 6.45) is 0.492. The van der Waals surface area contributed by atoms with Crippen LogP contribution in [0, 0.1) is 10.1 Å². The lowest BCUT2D eigenvalue weighted by molar-refractivity contribution is -0.402. The lowest BCUT2D eigenvalue weighted by Crippen LogP contribution is -2.31. The molecule has 1 aromatic heterocycles. The summed E-state index contributed by atoms with van der Waals surface area (Å²) in [7, 11) is 0. The summed E-state index contributed by atoms with van der Waals surface area (Å²) < 4.78 is 9.98. The number of hydrogen-bond donors (Lipinski definition) is 2. The van der Waals surface area contributed by atoms with Gasteiger partial charge in [-0.15, -0.1) is 0 Å². The summed E-state index contributed by atoms with van der Waals surface area (Å²) in [4.78, 5) is 37.3. The highest BCUT2D eigenvalue weighted by molar-refractivity contribution is 5.81. The number of Topliss-reactive ketones (excluding diaryl/α,β-unsaturated/α-hetero) is 2. The van der Waals surface area contributed by atoms with E-state index < -0.39 is 4.92 Å². The Labute approximate surface area is 138 Å². The first-order valence-electron chi connectivity index (χ1n) is 7.42. The number of carbonyl (C=O) groups is 2. The van der Waals surface area contributed by atoms with Gasteiger partial charge in [-0.3, -0.25) is 19.7 Å². The molecule has 0 spiro atoms. The predicted octanol–water partition coefficient (Wildman–Crippen LogP) is 0.363. The zero-order valence-electron chi connectivity index (χ0n) is 13.4. The van der Waals surface area contributed by atoms with Gasteiger partial charge in [0.2, 0.25) is 0 Å². The standard InChI is InChI=1S/C14H21N3O7/c1-2-11(18)7-15-5-6-23-16-8-12(19)9-22-10-13-3-4-14(24-13)17(20)21/h3-4,15-16H,2,5-10H2,1H3. The Hall–Kier alpha value is -2.14. The van der Waals surface area contributed by atoms with E-state index >= 15 is 0 Å². The lowest BCUT2D eigenvalue weighted by Gasteiger charge is -2.06. The Bertz CT molecular complexity index is 544. The number of hydroxylamine groups is 1. The zero-order valence-corrected chi connectivity index (χ0v) is 13.4. The van der Waals surface area contributed by atoms with Crippen LogP contribution in [0.1, 0.15) is 19.1 Å². The highest BCUT2D eigenvalue weighted by Gasteiger charge is 2.12. The second-order valence-electron chi connectivity index (χ2n) is 4.77. The van der Waals surface area contributed by atoms with Crippen molar-refractivity contribution in [2.45, 2.75) is 20.0 Å². The molecule has 0 aromatic carbocycles. The van der Waals surface area contributed by atoms with Gasteiger partial charge in [0.05, 0.1) is 25.8 Å². The average Bonchev–Trinajstić information content (AvgIpc) is 3.02. The predicted molar refractivity (Wildman–Crippen MR) is 82.1 cm³/mol. The summed E-state index contributed by atoms with van der Waals surface area (Å²) >= 11 is 0. The van der Waals surface area contributed by atoms with E-state index in [1.807, 2.05) is 0 Å². The fourth-order valence-electron chi connectivity index (χ4n) is 1.54. The number of rotatable bonds is 14. The van der Waals surface area contributed by atoms with Crippen LogP contribution in [0.5, 0.6) is 0 Å². The van der Waals surface area contributed by atoms with Crippen LogP contribution >= 0.6 is 0 Å². The maximum absolute atomic E-state index is 11.5. The Morgan fingerprint density at radius 3 is 2.75 bits per heavy atom. The molecular weight excluding hydrogens is 322 g/mol. The molecule has 0 saturated heterocycles. The van der Waals surface area contributed by atoms with E-state index in [1.165, 1.54) is 12.1 Å². The molecule has 1 heterocycles. The van der Waals surface area contributed by atoms with E-state index in [0.717, 1.165) is 0 Å². The maximum atomic E-state index is 11.5. The summed E-state index contributed by atoms with van der Waals surface area (Å²) in [6.45, 7) is 2.65. The maximum Gasteiger partial charge on any atom is 0.433 e. The third-order valence-corrected chi connectivity index (χ3v) is 2.80. The Kier molecular flexibility index (Phi) is 9.46. The van der Waals surface area contributed by atoms with Crippen molar-refractivity contribution in [2.75, 3.05) is 32.8 Å². The fourth-order valence-corrected chi connectivity index (χ4v) is 1.54. The van der Waals surface area contributed by atoms with Gasteiger partial charge in [-0.05, 0) is 6.07 Å². The molecule has 2 N–H and O–H groups in total. The third kappa shape index (κ3) is 8.48. The Morgan fingerprint density at radius 1 is 1.29 bits per heavy atom. The molecule has 0 radical (unpaired) electrons. The molecule has 0 saturated carbocycles. The molecule has 0 aliphatic rings. The van der Waals surface area contributed by atoms with Crippen molar-refractivity contribution in [1.29, 1.82) is 0 Å². The quantitative estimate of drug-likeness (QED) is 0.279. The van der Waals surface area contributed by atoms with Crippen LogP contribution in [0.25, 0.3) is 0 Å². The van der Waals surface area contributed by atoms with Crippen molar-refractivity contribution in [3.8, 4) is 0 Å². The van der Waals surface area contributed by atoms with E-state index in [-0.39, 0.29) is 43.0 Å². The van der Waals surface area contributed by atoms with Crippen LogP contribution in [0.15, 0.2) is 16.5 Å². The molecule has 0 unspecified atom stereocenters. The van der Waals surface area contributed by atoms with Crippen molar-refractivity contribution in [2.24, 2.45) is 0 Å². The SMILES string of the molecule is CCC(=O)CNCCONCC(=O)COCc1ccc([N+](=O)[O-])o1.